The summed E-state index contributed by atoms with van der Waals surface area (Å²) >= 11 is 0. The number of aromatic nitrogens is 3. The number of urea groups is 1. The molecule has 3 N–H and O–H groups in total. The highest BCUT2D eigenvalue weighted by atomic mass is 19.4. The first-order chi connectivity index (χ1) is 10.9. The lowest BCUT2D eigenvalue weighted by Gasteiger charge is -2.10. The standard InChI is InChI=1S/C13H14F3N5O2/c14-13(15,16)9-6-10(11(22)19-7-9)20-12(23)18-2-1-4-21-5-3-17-8-21/h3,5-8H,1-2,4H2,(H,19,22)(H2,18,20,23). The Morgan fingerprint density at radius 2 is 2.17 bits per heavy atom. The van der Waals surface area contributed by atoms with Gasteiger partial charge in [-0.1, -0.05) is 0 Å². The van der Waals surface area contributed by atoms with Crippen molar-refractivity contribution in [2.24, 2.45) is 0 Å². The Balaban J connectivity index is 1.86. The van der Waals surface area contributed by atoms with Gasteiger partial charge in [-0.3, -0.25) is 4.79 Å². The van der Waals surface area contributed by atoms with E-state index in [-0.39, 0.29) is 0 Å². The van der Waals surface area contributed by atoms with Gasteiger partial charge < -0.3 is 20.2 Å². The van der Waals surface area contributed by atoms with E-state index in [1.54, 1.807) is 18.7 Å². The van der Waals surface area contributed by atoms with Crippen molar-refractivity contribution < 1.29 is 18.0 Å². The number of H-pyrrole nitrogens is 1. The number of aromatic amines is 1. The number of halogens is 3. The van der Waals surface area contributed by atoms with E-state index >= 15 is 0 Å². The van der Waals surface area contributed by atoms with Crippen LogP contribution >= 0.6 is 0 Å². The lowest BCUT2D eigenvalue weighted by Crippen LogP contribution is -2.32. The van der Waals surface area contributed by atoms with Crippen LogP contribution in [0.5, 0.6) is 0 Å². The number of aryl methyl sites for hydroxylation is 1. The Hall–Kier alpha value is -2.78. The number of hydrogen-bond donors (Lipinski definition) is 3. The highest BCUT2D eigenvalue weighted by Gasteiger charge is 2.31. The summed E-state index contributed by atoms with van der Waals surface area (Å²) in [6.45, 7) is 0.922. The van der Waals surface area contributed by atoms with Crippen LogP contribution in [0.25, 0.3) is 0 Å². The average Bonchev–Trinajstić information content (AvgIpc) is 2.98. The number of nitrogens with one attached hydrogen (secondary N) is 3. The molecule has 10 heteroatoms. The minimum atomic E-state index is -4.61. The number of anilines is 1. The van der Waals surface area contributed by atoms with Crippen molar-refractivity contribution in [1.29, 1.82) is 0 Å². The summed E-state index contributed by atoms with van der Waals surface area (Å²) in [4.78, 5) is 28.9. The third-order valence-electron chi connectivity index (χ3n) is 2.92. The maximum atomic E-state index is 12.6. The van der Waals surface area contributed by atoms with Gasteiger partial charge in [-0.15, -0.1) is 0 Å². The fourth-order valence-electron chi connectivity index (χ4n) is 1.79. The molecule has 0 fully saturated rings. The second-order valence-electron chi connectivity index (χ2n) is 4.66. The van der Waals surface area contributed by atoms with Crippen LogP contribution in [0.2, 0.25) is 0 Å². The minimum absolute atomic E-state index is 0.293. The summed E-state index contributed by atoms with van der Waals surface area (Å²) in [7, 11) is 0. The van der Waals surface area contributed by atoms with Crippen molar-refractivity contribution in [3.63, 3.8) is 0 Å². The van der Waals surface area contributed by atoms with Crippen LogP contribution < -0.4 is 16.2 Å². The van der Waals surface area contributed by atoms with Crippen molar-refractivity contribution in [2.75, 3.05) is 11.9 Å². The molecule has 0 radical (unpaired) electrons. The Morgan fingerprint density at radius 3 is 2.83 bits per heavy atom. The summed E-state index contributed by atoms with van der Waals surface area (Å²) in [5.41, 5.74) is -2.33. The maximum Gasteiger partial charge on any atom is 0.417 e. The smallest absolute Gasteiger partial charge is 0.338 e. The van der Waals surface area contributed by atoms with Crippen LogP contribution in [0.15, 0.2) is 35.8 Å². The third kappa shape index (κ3) is 4.87. The van der Waals surface area contributed by atoms with Crippen LogP contribution in [0.4, 0.5) is 23.7 Å². The monoisotopic (exact) mass is 329 g/mol. The fraction of sp³-hybridized carbons (Fsp3) is 0.308. The van der Waals surface area contributed by atoms with Crippen LogP contribution in [-0.2, 0) is 12.7 Å². The van der Waals surface area contributed by atoms with E-state index < -0.39 is 29.0 Å². The molecule has 23 heavy (non-hydrogen) atoms. The van der Waals surface area contributed by atoms with Gasteiger partial charge in [0, 0.05) is 31.7 Å². The topological polar surface area (TPSA) is 91.8 Å². The van der Waals surface area contributed by atoms with Crippen molar-refractivity contribution >= 4 is 11.7 Å². The zero-order chi connectivity index (χ0) is 16.9. The molecule has 0 unspecified atom stereocenters. The molecule has 0 atom stereocenters. The lowest BCUT2D eigenvalue weighted by molar-refractivity contribution is -0.137. The molecule has 0 spiro atoms. The van der Waals surface area contributed by atoms with Gasteiger partial charge in [-0.25, -0.2) is 9.78 Å². The number of alkyl halides is 3. The summed E-state index contributed by atoms with van der Waals surface area (Å²) in [6.07, 6.45) is 1.56. The first-order valence-corrected chi connectivity index (χ1v) is 6.67. The number of rotatable bonds is 5. The molecule has 0 aromatic carbocycles. The van der Waals surface area contributed by atoms with E-state index in [9.17, 15) is 22.8 Å². The van der Waals surface area contributed by atoms with Crippen LogP contribution in [-0.4, -0.2) is 27.1 Å². The number of carbonyl (C=O) groups excluding carboxylic acids is 1. The maximum absolute atomic E-state index is 12.6. The molecule has 2 aromatic heterocycles. The zero-order valence-corrected chi connectivity index (χ0v) is 11.9. The molecule has 0 saturated carbocycles. The van der Waals surface area contributed by atoms with Gasteiger partial charge in [0.25, 0.3) is 5.56 Å². The first kappa shape index (κ1) is 16.6. The summed E-state index contributed by atoms with van der Waals surface area (Å²) < 4.78 is 39.5. The largest absolute Gasteiger partial charge is 0.417 e. The van der Waals surface area contributed by atoms with Gasteiger partial charge >= 0.3 is 12.2 Å². The van der Waals surface area contributed by atoms with Gasteiger partial charge in [-0.05, 0) is 12.5 Å². The predicted molar refractivity (Wildman–Crippen MR) is 75.9 cm³/mol. The van der Waals surface area contributed by atoms with Crippen LogP contribution in [0, 0.1) is 0 Å². The SMILES string of the molecule is O=C(NCCCn1ccnc1)Nc1cc(C(F)(F)F)c[nH]c1=O. The molecule has 2 amide bonds. The Kier molecular flexibility index (Phi) is 5.04. The predicted octanol–water partition coefficient (Wildman–Crippen LogP) is 1.80. The molecule has 0 aliphatic rings. The molecule has 0 aliphatic carbocycles. The number of amides is 2. The van der Waals surface area contributed by atoms with Crippen LogP contribution in [0.1, 0.15) is 12.0 Å². The number of imidazole rings is 1. The first-order valence-electron chi connectivity index (χ1n) is 6.67. The highest BCUT2D eigenvalue weighted by molar-refractivity contribution is 5.89. The summed E-state index contributed by atoms with van der Waals surface area (Å²) in [5, 5.41) is 4.56. The average molecular weight is 329 g/mol. The van der Waals surface area contributed by atoms with E-state index in [1.807, 2.05) is 9.55 Å². The molecular formula is C13H14F3N5O2. The van der Waals surface area contributed by atoms with E-state index in [0.717, 1.165) is 0 Å². The Bertz CT molecular complexity index is 709. The Morgan fingerprint density at radius 1 is 1.39 bits per heavy atom. The van der Waals surface area contributed by atoms with Crippen molar-refractivity contribution in [2.45, 2.75) is 19.1 Å². The normalized spacial score (nSPS) is 11.3. The third-order valence-corrected chi connectivity index (χ3v) is 2.92. The van der Waals surface area contributed by atoms with Gasteiger partial charge in [0.2, 0.25) is 0 Å². The van der Waals surface area contributed by atoms with E-state index in [4.69, 9.17) is 0 Å². The minimum Gasteiger partial charge on any atom is -0.338 e. The van der Waals surface area contributed by atoms with Crippen LogP contribution in [0.3, 0.4) is 0 Å². The van der Waals surface area contributed by atoms with E-state index in [1.165, 1.54) is 0 Å². The quantitative estimate of drug-likeness (QED) is 0.731. The number of nitrogens with zero attached hydrogens (tertiary/aromatic N) is 2. The van der Waals surface area contributed by atoms with E-state index in [2.05, 4.69) is 15.6 Å². The molecule has 2 rings (SSSR count). The number of pyridine rings is 1. The molecule has 0 saturated heterocycles. The zero-order valence-electron chi connectivity index (χ0n) is 11.9. The molecule has 7 nitrogen and oxygen atoms in total. The van der Waals surface area contributed by atoms with Gasteiger partial charge in [0.1, 0.15) is 5.69 Å². The van der Waals surface area contributed by atoms with Gasteiger partial charge in [-0.2, -0.15) is 13.2 Å². The second-order valence-corrected chi connectivity index (χ2v) is 4.66. The summed E-state index contributed by atoms with van der Waals surface area (Å²) in [6, 6.07) is -0.162. The molecular weight excluding hydrogens is 315 g/mol. The highest BCUT2D eigenvalue weighted by Crippen LogP contribution is 2.28. The van der Waals surface area contributed by atoms with Gasteiger partial charge in [0.05, 0.1) is 11.9 Å². The molecule has 0 bridgehead atoms. The lowest BCUT2D eigenvalue weighted by atomic mass is 10.2. The van der Waals surface area contributed by atoms with Gasteiger partial charge in [0.15, 0.2) is 0 Å². The van der Waals surface area contributed by atoms with E-state index in [0.29, 0.717) is 31.8 Å². The Labute approximate surface area is 128 Å². The van der Waals surface area contributed by atoms with Crippen molar-refractivity contribution in [3.8, 4) is 0 Å². The number of hydrogen-bond acceptors (Lipinski definition) is 3. The summed E-state index contributed by atoms with van der Waals surface area (Å²) in [5.74, 6) is 0. The number of carbonyl (C=O) groups is 1. The second kappa shape index (κ2) is 6.99. The van der Waals surface area contributed by atoms with Crippen molar-refractivity contribution in [1.82, 2.24) is 19.9 Å². The molecule has 2 aromatic rings. The molecule has 124 valence electrons. The molecule has 2 heterocycles. The van der Waals surface area contributed by atoms with Crippen molar-refractivity contribution in [3.05, 3.63) is 46.9 Å². The fourth-order valence-corrected chi connectivity index (χ4v) is 1.79. The molecule has 0 aliphatic heterocycles.